The molecule has 2 aromatic carbocycles. The Kier molecular flexibility index (Phi) is 6.71. The van der Waals surface area contributed by atoms with Crippen molar-refractivity contribution in [1.82, 2.24) is 10.6 Å². The molecule has 0 bridgehead atoms. The van der Waals surface area contributed by atoms with E-state index in [9.17, 15) is 18.4 Å². The van der Waals surface area contributed by atoms with E-state index >= 15 is 0 Å². The van der Waals surface area contributed by atoms with Gasteiger partial charge in [0.2, 0.25) is 5.91 Å². The van der Waals surface area contributed by atoms with Crippen molar-refractivity contribution < 1.29 is 23.1 Å². The quantitative estimate of drug-likeness (QED) is 0.665. The summed E-state index contributed by atoms with van der Waals surface area (Å²) in [5.41, 5.74) is 1.57. The van der Waals surface area contributed by atoms with Crippen molar-refractivity contribution in [2.24, 2.45) is 0 Å². The number of halogens is 3. The lowest BCUT2D eigenvalue weighted by atomic mass is 10.2. The predicted octanol–water partition coefficient (Wildman–Crippen LogP) is 3.20. The third kappa shape index (κ3) is 5.71. The van der Waals surface area contributed by atoms with Gasteiger partial charge in [-0.2, -0.15) is 8.78 Å². The Balaban J connectivity index is 1.59. The Labute approximate surface area is 171 Å². The Morgan fingerprint density at radius 3 is 2.79 bits per heavy atom. The van der Waals surface area contributed by atoms with Gasteiger partial charge in [-0.25, -0.2) is 4.79 Å². The fourth-order valence-electron chi connectivity index (χ4n) is 2.90. The van der Waals surface area contributed by atoms with Crippen LogP contribution < -0.4 is 25.6 Å². The first-order chi connectivity index (χ1) is 13.9. The molecule has 0 aliphatic carbocycles. The van der Waals surface area contributed by atoms with Crippen LogP contribution in [0.2, 0.25) is 5.02 Å². The molecule has 7 nitrogen and oxygen atoms in total. The van der Waals surface area contributed by atoms with Gasteiger partial charge in [-0.1, -0.05) is 29.8 Å². The number of benzene rings is 2. The molecular weight excluding hydrogens is 406 g/mol. The second kappa shape index (κ2) is 9.42. The molecule has 3 N–H and O–H groups in total. The molecular formula is C19H19ClF2N4O3. The van der Waals surface area contributed by atoms with E-state index < -0.39 is 12.6 Å². The van der Waals surface area contributed by atoms with Crippen molar-refractivity contribution in [3.63, 3.8) is 0 Å². The van der Waals surface area contributed by atoms with Gasteiger partial charge in [0, 0.05) is 30.9 Å². The van der Waals surface area contributed by atoms with Crippen molar-refractivity contribution >= 4 is 34.9 Å². The largest absolute Gasteiger partial charge is 0.434 e. The van der Waals surface area contributed by atoms with E-state index in [2.05, 4.69) is 20.7 Å². The molecule has 2 aromatic rings. The second-order valence-corrected chi connectivity index (χ2v) is 6.64. The van der Waals surface area contributed by atoms with Crippen LogP contribution in [0, 0.1) is 0 Å². The monoisotopic (exact) mass is 424 g/mol. The van der Waals surface area contributed by atoms with Gasteiger partial charge < -0.3 is 25.6 Å². The van der Waals surface area contributed by atoms with Gasteiger partial charge >= 0.3 is 12.6 Å². The van der Waals surface area contributed by atoms with E-state index in [1.807, 2.05) is 4.90 Å². The minimum absolute atomic E-state index is 0.000709. The highest BCUT2D eigenvalue weighted by Gasteiger charge is 2.19. The first-order valence-corrected chi connectivity index (χ1v) is 9.19. The summed E-state index contributed by atoms with van der Waals surface area (Å²) in [5, 5.41) is 8.35. The highest BCUT2D eigenvalue weighted by molar-refractivity contribution is 6.33. The lowest BCUT2D eigenvalue weighted by Gasteiger charge is -2.29. The van der Waals surface area contributed by atoms with Crippen LogP contribution in [0.15, 0.2) is 42.5 Å². The first kappa shape index (κ1) is 20.7. The highest BCUT2D eigenvalue weighted by atomic mass is 35.5. The molecule has 154 valence electrons. The Hall–Kier alpha value is -3.07. The minimum Gasteiger partial charge on any atom is -0.434 e. The van der Waals surface area contributed by atoms with E-state index in [0.717, 1.165) is 0 Å². The number of urea groups is 1. The van der Waals surface area contributed by atoms with E-state index in [4.69, 9.17) is 11.6 Å². The maximum Gasteiger partial charge on any atom is 0.387 e. The molecule has 1 saturated heterocycles. The number of anilines is 2. The van der Waals surface area contributed by atoms with Gasteiger partial charge in [0.1, 0.15) is 5.75 Å². The Bertz CT molecular complexity index is 898. The third-order valence-electron chi connectivity index (χ3n) is 4.21. The van der Waals surface area contributed by atoms with Gasteiger partial charge in [-0.15, -0.1) is 0 Å². The standard InChI is InChI=1S/C19H19ClF2N4O3/c20-14-9-13(5-6-15(14)26-8-7-23-17(27)11-26)25-19(28)24-10-12-3-1-2-4-16(12)29-18(21)22/h1-6,9,18H,7-8,10-11H2,(H,23,27)(H2,24,25,28). The number of rotatable bonds is 6. The maximum atomic E-state index is 12.5. The van der Waals surface area contributed by atoms with E-state index in [0.29, 0.717) is 35.1 Å². The van der Waals surface area contributed by atoms with Crippen LogP contribution >= 0.6 is 11.6 Å². The first-order valence-electron chi connectivity index (χ1n) is 8.81. The number of ether oxygens (including phenoxy) is 1. The van der Waals surface area contributed by atoms with E-state index in [1.165, 1.54) is 6.07 Å². The van der Waals surface area contributed by atoms with Crippen molar-refractivity contribution in [2.45, 2.75) is 13.2 Å². The number of nitrogens with zero attached hydrogens (tertiary/aromatic N) is 1. The number of carbonyl (C=O) groups is 2. The van der Waals surface area contributed by atoms with Gasteiger partial charge in [0.25, 0.3) is 0 Å². The molecule has 10 heteroatoms. The summed E-state index contributed by atoms with van der Waals surface area (Å²) in [4.78, 5) is 25.5. The van der Waals surface area contributed by atoms with Crippen LogP contribution in [-0.2, 0) is 11.3 Å². The zero-order chi connectivity index (χ0) is 20.8. The number of alkyl halides is 2. The zero-order valence-corrected chi connectivity index (χ0v) is 16.0. The van der Waals surface area contributed by atoms with Crippen LogP contribution in [0.1, 0.15) is 5.56 Å². The molecule has 1 fully saturated rings. The average molecular weight is 425 g/mol. The van der Waals surface area contributed by atoms with Crippen LogP contribution in [0.5, 0.6) is 5.75 Å². The fourth-order valence-corrected chi connectivity index (χ4v) is 3.20. The van der Waals surface area contributed by atoms with Crippen LogP contribution in [-0.4, -0.2) is 38.2 Å². The Morgan fingerprint density at radius 2 is 2.07 bits per heavy atom. The molecule has 0 atom stereocenters. The van der Waals surface area contributed by atoms with Gasteiger partial charge in [0.05, 0.1) is 17.3 Å². The maximum absolute atomic E-state index is 12.5. The predicted molar refractivity (Wildman–Crippen MR) is 106 cm³/mol. The van der Waals surface area contributed by atoms with Gasteiger partial charge in [-0.05, 0) is 24.3 Å². The second-order valence-electron chi connectivity index (χ2n) is 6.23. The summed E-state index contributed by atoms with van der Waals surface area (Å²) in [6.07, 6.45) is 0. The van der Waals surface area contributed by atoms with E-state index in [1.54, 1.807) is 36.4 Å². The molecule has 29 heavy (non-hydrogen) atoms. The van der Waals surface area contributed by atoms with Crippen molar-refractivity contribution in [3.05, 3.63) is 53.1 Å². The molecule has 0 radical (unpaired) electrons. The lowest BCUT2D eigenvalue weighted by Crippen LogP contribution is -2.47. The van der Waals surface area contributed by atoms with Gasteiger partial charge in [0.15, 0.2) is 0 Å². The number of carbonyl (C=O) groups excluding carboxylic acids is 2. The number of hydrogen-bond donors (Lipinski definition) is 3. The average Bonchev–Trinajstić information content (AvgIpc) is 2.67. The molecule has 1 aliphatic rings. The number of hydrogen-bond acceptors (Lipinski definition) is 4. The summed E-state index contributed by atoms with van der Waals surface area (Å²) >= 11 is 6.30. The van der Waals surface area contributed by atoms with Crippen molar-refractivity contribution in [2.75, 3.05) is 29.9 Å². The summed E-state index contributed by atoms with van der Waals surface area (Å²) < 4.78 is 29.3. The van der Waals surface area contributed by atoms with Crippen LogP contribution in [0.3, 0.4) is 0 Å². The zero-order valence-electron chi connectivity index (χ0n) is 15.3. The highest BCUT2D eigenvalue weighted by Crippen LogP contribution is 2.29. The molecule has 3 rings (SSSR count). The summed E-state index contributed by atoms with van der Waals surface area (Å²) in [7, 11) is 0. The molecule has 0 aromatic heterocycles. The lowest BCUT2D eigenvalue weighted by molar-refractivity contribution is -0.120. The third-order valence-corrected chi connectivity index (χ3v) is 4.52. The van der Waals surface area contributed by atoms with Crippen molar-refractivity contribution in [1.29, 1.82) is 0 Å². The fraction of sp³-hybridized carbons (Fsp3) is 0.263. The number of nitrogens with one attached hydrogen (secondary N) is 3. The topological polar surface area (TPSA) is 82.7 Å². The molecule has 0 saturated carbocycles. The molecule has 3 amide bonds. The summed E-state index contributed by atoms with van der Waals surface area (Å²) in [5.74, 6) is -0.0780. The molecule has 1 heterocycles. The van der Waals surface area contributed by atoms with Crippen LogP contribution in [0.25, 0.3) is 0 Å². The smallest absolute Gasteiger partial charge is 0.387 e. The summed E-state index contributed by atoms with van der Waals surface area (Å²) in [6, 6.07) is 10.7. The van der Waals surface area contributed by atoms with Crippen LogP contribution in [0.4, 0.5) is 25.0 Å². The SMILES string of the molecule is O=C1CN(c2ccc(NC(=O)NCc3ccccc3OC(F)F)cc2Cl)CCN1. The number of para-hydroxylation sites is 1. The Morgan fingerprint density at radius 1 is 1.28 bits per heavy atom. The van der Waals surface area contributed by atoms with E-state index in [-0.39, 0.29) is 24.7 Å². The molecule has 0 unspecified atom stereocenters. The normalized spacial score (nSPS) is 13.8. The van der Waals surface area contributed by atoms with Gasteiger partial charge in [-0.3, -0.25) is 4.79 Å². The summed E-state index contributed by atoms with van der Waals surface area (Å²) in [6.45, 7) is -1.56. The van der Waals surface area contributed by atoms with Crippen molar-refractivity contribution in [3.8, 4) is 5.75 Å². The number of amides is 3. The minimum atomic E-state index is -2.95. The molecule has 1 aliphatic heterocycles. The number of piperazine rings is 1. The molecule has 0 spiro atoms.